The van der Waals surface area contributed by atoms with Gasteiger partial charge in [0.05, 0.1) is 12.7 Å². The van der Waals surface area contributed by atoms with Crippen LogP contribution in [0.5, 0.6) is 0 Å². The molecule has 3 heteroatoms. The van der Waals surface area contributed by atoms with Crippen molar-refractivity contribution in [1.29, 1.82) is 0 Å². The van der Waals surface area contributed by atoms with Crippen LogP contribution >= 0.6 is 0 Å². The maximum atomic E-state index is 11.9. The molecule has 0 unspecified atom stereocenters. The molecule has 0 aliphatic heterocycles. The molecule has 0 saturated carbocycles. The SMILES string of the molecule is CC.CC.COC(=O)C1=CC(=O)CC[C@]1(C)c1ccccc1. The van der Waals surface area contributed by atoms with Gasteiger partial charge in [0.25, 0.3) is 0 Å². The zero-order chi connectivity index (χ0) is 17.2. The van der Waals surface area contributed by atoms with Gasteiger partial charge >= 0.3 is 5.97 Å². The largest absolute Gasteiger partial charge is 0.466 e. The lowest BCUT2D eigenvalue weighted by Gasteiger charge is -2.34. The Labute approximate surface area is 134 Å². The van der Waals surface area contributed by atoms with E-state index >= 15 is 0 Å². The van der Waals surface area contributed by atoms with Crippen molar-refractivity contribution in [2.24, 2.45) is 0 Å². The van der Waals surface area contributed by atoms with Crippen LogP contribution < -0.4 is 0 Å². The summed E-state index contributed by atoms with van der Waals surface area (Å²) in [4.78, 5) is 23.4. The third-order valence-electron chi connectivity index (χ3n) is 3.59. The monoisotopic (exact) mass is 304 g/mol. The minimum absolute atomic E-state index is 0.0104. The van der Waals surface area contributed by atoms with E-state index in [0.29, 0.717) is 18.4 Å². The predicted octanol–water partition coefficient (Wildman–Crippen LogP) is 4.46. The molecule has 0 N–H and O–H groups in total. The minimum Gasteiger partial charge on any atom is -0.466 e. The third-order valence-corrected chi connectivity index (χ3v) is 3.59. The number of hydrogen-bond acceptors (Lipinski definition) is 3. The fraction of sp³-hybridized carbons (Fsp3) is 0.474. The van der Waals surface area contributed by atoms with Crippen LogP contribution in [0.1, 0.15) is 53.0 Å². The number of ketones is 1. The van der Waals surface area contributed by atoms with Crippen molar-refractivity contribution in [3.63, 3.8) is 0 Å². The van der Waals surface area contributed by atoms with E-state index in [9.17, 15) is 9.59 Å². The first-order valence-corrected chi connectivity index (χ1v) is 7.97. The summed E-state index contributed by atoms with van der Waals surface area (Å²) in [5.41, 5.74) is 1.05. The van der Waals surface area contributed by atoms with Crippen molar-refractivity contribution in [3.8, 4) is 0 Å². The molecular formula is C19H28O3. The summed E-state index contributed by atoms with van der Waals surface area (Å²) in [5.74, 6) is -0.432. The Morgan fingerprint density at radius 3 is 2.14 bits per heavy atom. The fourth-order valence-electron chi connectivity index (χ4n) is 2.40. The highest BCUT2D eigenvalue weighted by Crippen LogP contribution is 2.39. The summed E-state index contributed by atoms with van der Waals surface area (Å²) in [6.07, 6.45) is 2.53. The van der Waals surface area contributed by atoms with Crippen molar-refractivity contribution in [2.45, 2.75) is 52.9 Å². The molecule has 2 rings (SSSR count). The molecular weight excluding hydrogens is 276 g/mol. The van der Waals surface area contributed by atoms with Gasteiger partial charge in [0.1, 0.15) is 0 Å². The lowest BCUT2D eigenvalue weighted by molar-refractivity contribution is -0.137. The van der Waals surface area contributed by atoms with E-state index in [1.165, 1.54) is 13.2 Å². The van der Waals surface area contributed by atoms with Crippen molar-refractivity contribution in [3.05, 3.63) is 47.5 Å². The van der Waals surface area contributed by atoms with Gasteiger partial charge in [-0.3, -0.25) is 4.79 Å². The topological polar surface area (TPSA) is 43.4 Å². The average Bonchev–Trinajstić information content (AvgIpc) is 2.60. The molecule has 1 aromatic carbocycles. The lowest BCUT2D eigenvalue weighted by Crippen LogP contribution is -2.34. The maximum Gasteiger partial charge on any atom is 0.334 e. The van der Waals surface area contributed by atoms with E-state index in [0.717, 1.165) is 5.56 Å². The Balaban J connectivity index is 0.00000102. The molecule has 0 heterocycles. The average molecular weight is 304 g/mol. The Morgan fingerprint density at radius 1 is 1.09 bits per heavy atom. The molecule has 0 saturated heterocycles. The van der Waals surface area contributed by atoms with Crippen LogP contribution in [0, 0.1) is 0 Å². The quantitative estimate of drug-likeness (QED) is 0.758. The normalized spacial score (nSPS) is 19.7. The van der Waals surface area contributed by atoms with E-state index in [-0.39, 0.29) is 5.78 Å². The van der Waals surface area contributed by atoms with E-state index in [1.54, 1.807) is 0 Å². The molecule has 0 amide bonds. The zero-order valence-electron chi connectivity index (χ0n) is 14.6. The second-order valence-electron chi connectivity index (χ2n) is 4.71. The van der Waals surface area contributed by atoms with Gasteiger partial charge in [0.15, 0.2) is 5.78 Å². The molecule has 0 radical (unpaired) electrons. The van der Waals surface area contributed by atoms with Crippen molar-refractivity contribution in [2.75, 3.05) is 7.11 Å². The van der Waals surface area contributed by atoms with Crippen molar-refractivity contribution >= 4 is 11.8 Å². The van der Waals surface area contributed by atoms with E-state index < -0.39 is 11.4 Å². The van der Waals surface area contributed by atoms with Crippen LogP contribution in [0.3, 0.4) is 0 Å². The van der Waals surface area contributed by atoms with Crippen LogP contribution in [0.2, 0.25) is 0 Å². The lowest BCUT2D eigenvalue weighted by atomic mass is 9.69. The summed E-state index contributed by atoms with van der Waals surface area (Å²) in [7, 11) is 1.34. The smallest absolute Gasteiger partial charge is 0.334 e. The Hall–Kier alpha value is -1.90. The molecule has 1 aromatic rings. The molecule has 0 fully saturated rings. The summed E-state index contributed by atoms with van der Waals surface area (Å²) in [6, 6.07) is 9.76. The Kier molecular flexibility index (Phi) is 9.07. The number of rotatable bonds is 2. The molecule has 1 atom stereocenters. The summed E-state index contributed by atoms with van der Waals surface area (Å²) in [6.45, 7) is 9.98. The molecule has 0 bridgehead atoms. The number of hydrogen-bond donors (Lipinski definition) is 0. The number of benzene rings is 1. The standard InChI is InChI=1S/C15H16O3.2C2H6/c1-15(11-6-4-3-5-7-11)9-8-12(16)10-13(15)14(17)18-2;2*1-2/h3-7,10H,8-9H2,1-2H3;2*1-2H3/t15-;;/m1../s1. The number of allylic oxidation sites excluding steroid dienone is 1. The molecule has 122 valence electrons. The first-order valence-electron chi connectivity index (χ1n) is 7.97. The second-order valence-corrected chi connectivity index (χ2v) is 4.71. The number of esters is 1. The number of methoxy groups -OCH3 is 1. The molecule has 1 aliphatic carbocycles. The van der Waals surface area contributed by atoms with Crippen LogP contribution in [0.25, 0.3) is 0 Å². The van der Waals surface area contributed by atoms with Crippen LogP contribution in [0.15, 0.2) is 42.0 Å². The van der Waals surface area contributed by atoms with Gasteiger partial charge < -0.3 is 4.74 Å². The Bertz CT molecular complexity index is 503. The van der Waals surface area contributed by atoms with Gasteiger partial charge in [-0.1, -0.05) is 65.0 Å². The van der Waals surface area contributed by atoms with E-state index in [2.05, 4.69) is 0 Å². The number of carbonyl (C=O) groups is 2. The Morgan fingerprint density at radius 2 is 1.64 bits per heavy atom. The number of ether oxygens (including phenoxy) is 1. The van der Waals surface area contributed by atoms with Gasteiger partial charge in [-0.25, -0.2) is 4.79 Å². The van der Waals surface area contributed by atoms with Crippen molar-refractivity contribution in [1.82, 2.24) is 0 Å². The van der Waals surface area contributed by atoms with Gasteiger partial charge in [-0.15, -0.1) is 0 Å². The summed E-state index contributed by atoms with van der Waals surface area (Å²) >= 11 is 0. The molecule has 0 spiro atoms. The molecule has 0 aromatic heterocycles. The van der Waals surface area contributed by atoms with Gasteiger partial charge in [0.2, 0.25) is 0 Å². The van der Waals surface area contributed by atoms with Crippen LogP contribution in [0.4, 0.5) is 0 Å². The first-order chi connectivity index (χ1) is 10.6. The summed E-state index contributed by atoms with van der Waals surface area (Å²) < 4.78 is 4.80. The third kappa shape index (κ3) is 4.55. The van der Waals surface area contributed by atoms with Gasteiger partial charge in [-0.05, 0) is 18.1 Å². The fourth-order valence-corrected chi connectivity index (χ4v) is 2.40. The maximum absolute atomic E-state index is 11.9. The van der Waals surface area contributed by atoms with E-state index in [1.807, 2.05) is 65.0 Å². The molecule has 3 nitrogen and oxygen atoms in total. The molecule has 1 aliphatic rings. The van der Waals surface area contributed by atoms with Gasteiger partial charge in [-0.2, -0.15) is 0 Å². The highest BCUT2D eigenvalue weighted by atomic mass is 16.5. The summed E-state index contributed by atoms with van der Waals surface area (Å²) in [5, 5.41) is 0. The highest BCUT2D eigenvalue weighted by Gasteiger charge is 2.39. The minimum atomic E-state index is -0.442. The zero-order valence-corrected chi connectivity index (χ0v) is 14.6. The number of carbonyl (C=O) groups excluding carboxylic acids is 2. The second kappa shape index (κ2) is 9.93. The predicted molar refractivity (Wildman–Crippen MR) is 90.8 cm³/mol. The van der Waals surface area contributed by atoms with Crippen LogP contribution in [-0.4, -0.2) is 18.9 Å². The van der Waals surface area contributed by atoms with Gasteiger partial charge in [0, 0.05) is 11.8 Å². The van der Waals surface area contributed by atoms with Crippen LogP contribution in [-0.2, 0) is 19.7 Å². The molecule has 22 heavy (non-hydrogen) atoms. The highest BCUT2D eigenvalue weighted by molar-refractivity contribution is 6.02. The van der Waals surface area contributed by atoms with E-state index in [4.69, 9.17) is 4.74 Å². The first kappa shape index (κ1) is 20.1. The van der Waals surface area contributed by atoms with Crippen molar-refractivity contribution < 1.29 is 14.3 Å².